The number of allylic oxidation sites excluding steroid dienone is 1. The summed E-state index contributed by atoms with van der Waals surface area (Å²) < 4.78 is 13.2. The molecule has 0 bridgehead atoms. The number of benzene rings is 1. The molecular weight excluding hydrogens is 388 g/mol. The van der Waals surface area contributed by atoms with Crippen molar-refractivity contribution in [1.29, 1.82) is 0 Å². The minimum atomic E-state index is -0.438. The molecule has 132 valence electrons. The number of carbonyl (C=O) groups is 1. The number of carbonyl (C=O) groups excluding carboxylic acids is 1. The molecule has 1 aliphatic rings. The van der Waals surface area contributed by atoms with E-state index in [2.05, 4.69) is 31.3 Å². The first kappa shape index (κ1) is 17.5. The number of ether oxygens (including phenoxy) is 2. The van der Waals surface area contributed by atoms with Crippen LogP contribution in [0, 0.1) is 0 Å². The number of nitrogens with zero attached hydrogens (tertiary/aromatic N) is 3. The van der Waals surface area contributed by atoms with Gasteiger partial charge in [-0.3, -0.25) is 0 Å². The summed E-state index contributed by atoms with van der Waals surface area (Å²) in [6, 6.07) is 5.22. The summed E-state index contributed by atoms with van der Waals surface area (Å²) in [5.74, 6) is 0.914. The lowest BCUT2D eigenvalue weighted by Crippen LogP contribution is -2.30. The van der Waals surface area contributed by atoms with Crippen molar-refractivity contribution in [3.05, 3.63) is 45.8 Å². The Morgan fingerprint density at radius 2 is 2.16 bits per heavy atom. The van der Waals surface area contributed by atoms with Gasteiger partial charge in [0.1, 0.15) is 18.1 Å². The zero-order chi connectivity index (χ0) is 18.1. The molecule has 2 aromatic rings. The average Bonchev–Trinajstić information content (AvgIpc) is 3.00. The fourth-order valence-corrected chi connectivity index (χ4v) is 3.35. The van der Waals surface area contributed by atoms with Crippen molar-refractivity contribution in [3.8, 4) is 5.75 Å². The summed E-state index contributed by atoms with van der Waals surface area (Å²) in [6.07, 6.45) is 1.24. The van der Waals surface area contributed by atoms with Crippen LogP contribution in [0.15, 0.2) is 40.3 Å². The van der Waals surface area contributed by atoms with E-state index in [1.165, 1.54) is 6.33 Å². The molecule has 0 fully saturated rings. The summed E-state index contributed by atoms with van der Waals surface area (Å²) in [5.41, 5.74) is 2.07. The molecule has 1 aromatic heterocycles. The number of esters is 1. The molecule has 0 radical (unpaired) electrons. The molecule has 2 heterocycles. The maximum Gasteiger partial charge on any atom is 0.338 e. The number of rotatable bonds is 4. The van der Waals surface area contributed by atoms with Crippen LogP contribution in [0.1, 0.15) is 32.4 Å². The second-order valence-corrected chi connectivity index (χ2v) is 6.80. The monoisotopic (exact) mass is 406 g/mol. The van der Waals surface area contributed by atoms with Crippen LogP contribution in [0.4, 0.5) is 5.95 Å². The molecule has 1 atom stereocenters. The predicted octanol–water partition coefficient (Wildman–Crippen LogP) is 3.29. The number of hydrogen-bond acceptors (Lipinski definition) is 6. The molecule has 3 rings (SSSR count). The van der Waals surface area contributed by atoms with Gasteiger partial charge in [-0.25, -0.2) is 9.48 Å². The highest BCUT2D eigenvalue weighted by Crippen LogP contribution is 2.38. The molecule has 1 aromatic carbocycles. The number of halogens is 1. The summed E-state index contributed by atoms with van der Waals surface area (Å²) in [4.78, 5) is 16.9. The highest BCUT2D eigenvalue weighted by atomic mass is 79.9. The van der Waals surface area contributed by atoms with E-state index < -0.39 is 6.04 Å². The Morgan fingerprint density at radius 3 is 2.80 bits per heavy atom. The van der Waals surface area contributed by atoms with Gasteiger partial charge in [0.25, 0.3) is 0 Å². The molecule has 1 N–H and O–H groups in total. The molecule has 1 aliphatic heterocycles. The molecule has 8 heteroatoms. The third kappa shape index (κ3) is 3.26. The van der Waals surface area contributed by atoms with Crippen molar-refractivity contribution >= 4 is 27.8 Å². The summed E-state index contributed by atoms with van der Waals surface area (Å²) in [5, 5.41) is 7.40. The normalized spacial score (nSPS) is 16.5. The van der Waals surface area contributed by atoms with Gasteiger partial charge >= 0.3 is 5.97 Å². The second-order valence-electron chi connectivity index (χ2n) is 5.94. The lowest BCUT2D eigenvalue weighted by atomic mass is 9.95. The molecule has 0 saturated heterocycles. The van der Waals surface area contributed by atoms with Gasteiger partial charge in [0.05, 0.1) is 23.3 Å². The largest absolute Gasteiger partial charge is 0.496 e. The fraction of sp³-hybridized carbons (Fsp3) is 0.353. The number of methoxy groups -OCH3 is 1. The highest BCUT2D eigenvalue weighted by molar-refractivity contribution is 9.10. The van der Waals surface area contributed by atoms with Gasteiger partial charge in [-0.1, -0.05) is 6.07 Å². The van der Waals surface area contributed by atoms with Crippen molar-refractivity contribution in [2.75, 3.05) is 12.4 Å². The predicted molar refractivity (Wildman–Crippen MR) is 96.4 cm³/mol. The van der Waals surface area contributed by atoms with Crippen molar-refractivity contribution in [2.24, 2.45) is 0 Å². The first-order valence-corrected chi connectivity index (χ1v) is 8.63. The summed E-state index contributed by atoms with van der Waals surface area (Å²) >= 11 is 3.50. The summed E-state index contributed by atoms with van der Waals surface area (Å²) in [6.45, 7) is 5.48. The smallest absolute Gasteiger partial charge is 0.338 e. The molecular formula is C17H19BrN4O3. The summed E-state index contributed by atoms with van der Waals surface area (Å²) in [7, 11) is 1.61. The SMILES string of the molecule is COc1ccc([C@@H]2C(C(=O)OC(C)C)=C(C)Nc3ncnn32)cc1Br. The lowest BCUT2D eigenvalue weighted by molar-refractivity contribution is -0.143. The van der Waals surface area contributed by atoms with Crippen LogP contribution in [0.25, 0.3) is 0 Å². The molecule has 0 saturated carbocycles. The van der Waals surface area contributed by atoms with E-state index >= 15 is 0 Å². The Labute approximate surface area is 154 Å². The molecule has 0 unspecified atom stereocenters. The Kier molecular flexibility index (Phi) is 4.80. The zero-order valence-corrected chi connectivity index (χ0v) is 16.0. The van der Waals surface area contributed by atoms with Crippen LogP contribution >= 0.6 is 15.9 Å². The van der Waals surface area contributed by atoms with Crippen LogP contribution in [0.3, 0.4) is 0 Å². The maximum absolute atomic E-state index is 12.7. The van der Waals surface area contributed by atoms with E-state index in [1.807, 2.05) is 39.0 Å². The fourth-order valence-electron chi connectivity index (χ4n) is 2.79. The quantitative estimate of drug-likeness (QED) is 0.784. The molecule has 0 aliphatic carbocycles. The second kappa shape index (κ2) is 6.87. The number of aromatic nitrogens is 3. The third-order valence-corrected chi connectivity index (χ3v) is 4.47. The van der Waals surface area contributed by atoms with E-state index in [0.717, 1.165) is 10.0 Å². The minimum absolute atomic E-state index is 0.215. The van der Waals surface area contributed by atoms with Gasteiger partial charge in [-0.15, -0.1) is 0 Å². The van der Waals surface area contributed by atoms with E-state index in [9.17, 15) is 4.79 Å². The number of anilines is 1. The van der Waals surface area contributed by atoms with Crippen LogP contribution < -0.4 is 10.1 Å². The first-order valence-electron chi connectivity index (χ1n) is 7.84. The van der Waals surface area contributed by atoms with E-state index in [-0.39, 0.29) is 12.1 Å². The van der Waals surface area contributed by atoms with Crippen molar-refractivity contribution in [2.45, 2.75) is 32.9 Å². The zero-order valence-electron chi connectivity index (χ0n) is 14.4. The Balaban J connectivity index is 2.12. The Morgan fingerprint density at radius 1 is 1.40 bits per heavy atom. The van der Waals surface area contributed by atoms with Gasteiger partial charge in [0.15, 0.2) is 0 Å². The van der Waals surface area contributed by atoms with Crippen molar-refractivity contribution in [3.63, 3.8) is 0 Å². The Hall–Kier alpha value is -2.35. The van der Waals surface area contributed by atoms with Gasteiger partial charge in [-0.05, 0) is 54.4 Å². The van der Waals surface area contributed by atoms with Crippen LogP contribution in [-0.2, 0) is 9.53 Å². The van der Waals surface area contributed by atoms with Crippen molar-refractivity contribution in [1.82, 2.24) is 14.8 Å². The van der Waals surface area contributed by atoms with Crippen molar-refractivity contribution < 1.29 is 14.3 Å². The van der Waals surface area contributed by atoms with E-state index in [1.54, 1.807) is 11.8 Å². The van der Waals surface area contributed by atoms with Gasteiger partial charge in [-0.2, -0.15) is 10.1 Å². The maximum atomic E-state index is 12.7. The molecule has 0 spiro atoms. The topological polar surface area (TPSA) is 78.3 Å². The highest BCUT2D eigenvalue weighted by Gasteiger charge is 2.34. The van der Waals surface area contributed by atoms with Gasteiger partial charge in [0, 0.05) is 5.70 Å². The standard InChI is InChI=1S/C17H19BrN4O3/c1-9(2)25-16(23)14-10(3)21-17-19-8-20-22(17)15(14)11-5-6-13(24-4)12(18)7-11/h5-9,15H,1-4H3,(H,19,20,21)/t15-/m1/s1. The minimum Gasteiger partial charge on any atom is -0.496 e. The Bertz CT molecular complexity index is 844. The van der Waals surface area contributed by atoms with Gasteiger partial charge < -0.3 is 14.8 Å². The van der Waals surface area contributed by atoms with Crippen LogP contribution in [0.2, 0.25) is 0 Å². The lowest BCUT2D eigenvalue weighted by Gasteiger charge is -2.28. The number of nitrogens with one attached hydrogen (secondary N) is 1. The van der Waals surface area contributed by atoms with Crippen LogP contribution in [0.5, 0.6) is 5.75 Å². The van der Waals surface area contributed by atoms with E-state index in [4.69, 9.17) is 9.47 Å². The van der Waals surface area contributed by atoms with Gasteiger partial charge in [0.2, 0.25) is 5.95 Å². The number of fused-ring (bicyclic) bond motifs is 1. The van der Waals surface area contributed by atoms with E-state index in [0.29, 0.717) is 23.0 Å². The third-order valence-electron chi connectivity index (χ3n) is 3.85. The van der Waals surface area contributed by atoms with Crippen LogP contribution in [-0.4, -0.2) is 33.9 Å². The molecule has 25 heavy (non-hydrogen) atoms. The number of hydrogen-bond donors (Lipinski definition) is 1. The molecule has 7 nitrogen and oxygen atoms in total. The molecule has 0 amide bonds. The first-order chi connectivity index (χ1) is 11.9. The average molecular weight is 407 g/mol.